The zero-order valence-electron chi connectivity index (χ0n) is 15.1. The fourth-order valence-corrected chi connectivity index (χ4v) is 3.64. The minimum absolute atomic E-state index is 0.0372. The summed E-state index contributed by atoms with van der Waals surface area (Å²) in [5, 5.41) is 12.1. The van der Waals surface area contributed by atoms with Crippen molar-refractivity contribution in [3.63, 3.8) is 0 Å². The third-order valence-electron chi connectivity index (χ3n) is 5.12. The average molecular weight is 369 g/mol. The van der Waals surface area contributed by atoms with Crippen LogP contribution in [0.4, 0.5) is 5.69 Å². The molecule has 0 spiro atoms. The molecule has 0 radical (unpaired) electrons. The molecule has 1 aromatic carbocycles. The van der Waals surface area contributed by atoms with E-state index >= 15 is 0 Å². The van der Waals surface area contributed by atoms with Crippen molar-refractivity contribution >= 4 is 23.5 Å². The van der Waals surface area contributed by atoms with E-state index < -0.39 is 23.8 Å². The van der Waals surface area contributed by atoms with E-state index in [0.29, 0.717) is 5.69 Å². The highest BCUT2D eigenvalue weighted by atomic mass is 16.5. The molecule has 3 rings (SSSR count). The van der Waals surface area contributed by atoms with Gasteiger partial charge in [0.2, 0.25) is 5.91 Å². The first-order valence-corrected chi connectivity index (χ1v) is 9.35. The van der Waals surface area contributed by atoms with E-state index in [1.807, 2.05) is 12.1 Å². The smallest absolute Gasteiger partial charge is 0.397 e. The maximum Gasteiger partial charge on any atom is 0.397 e. The third kappa shape index (κ3) is 4.64. The van der Waals surface area contributed by atoms with Gasteiger partial charge >= 0.3 is 11.9 Å². The summed E-state index contributed by atoms with van der Waals surface area (Å²) in [6.45, 7) is 0.0372. The van der Waals surface area contributed by atoms with Crippen molar-refractivity contribution in [3.8, 4) is 6.07 Å². The number of para-hydroxylation sites is 1. The zero-order chi connectivity index (χ0) is 19.2. The number of hydrogen-bond acceptors (Lipinski definition) is 5. The van der Waals surface area contributed by atoms with E-state index in [-0.39, 0.29) is 25.0 Å². The quantitative estimate of drug-likeness (QED) is 0.651. The van der Waals surface area contributed by atoms with Gasteiger partial charge in [-0.1, -0.05) is 24.6 Å². The highest BCUT2D eigenvalue weighted by molar-refractivity contribution is 6.32. The van der Waals surface area contributed by atoms with Crippen molar-refractivity contribution in [1.82, 2.24) is 4.90 Å². The zero-order valence-corrected chi connectivity index (χ0v) is 15.1. The lowest BCUT2D eigenvalue weighted by Crippen LogP contribution is -2.42. The molecule has 1 aliphatic carbocycles. The molecule has 2 atom stereocenters. The summed E-state index contributed by atoms with van der Waals surface area (Å²) in [5.74, 6) is -2.56. The first-order chi connectivity index (χ1) is 13.1. The Kier molecular flexibility index (Phi) is 6.07. The van der Waals surface area contributed by atoms with Gasteiger partial charge in [0.15, 0.2) is 0 Å². The Labute approximate surface area is 158 Å². The number of nitrogens with one attached hydrogen (secondary N) is 1. The molecule has 1 N–H and O–H groups in total. The minimum atomic E-state index is -0.925. The van der Waals surface area contributed by atoms with E-state index in [9.17, 15) is 19.6 Å². The van der Waals surface area contributed by atoms with E-state index in [1.165, 1.54) is 4.90 Å². The Morgan fingerprint density at radius 1 is 1.11 bits per heavy atom. The molecule has 142 valence electrons. The van der Waals surface area contributed by atoms with Crippen LogP contribution in [-0.2, 0) is 19.1 Å². The van der Waals surface area contributed by atoms with Crippen LogP contribution in [0.25, 0.3) is 0 Å². The number of benzene rings is 1. The number of nitrogens with zero attached hydrogens (tertiary/aromatic N) is 2. The Morgan fingerprint density at radius 3 is 2.48 bits per heavy atom. The number of nitriles is 1. The summed E-state index contributed by atoms with van der Waals surface area (Å²) in [4.78, 5) is 38.3. The summed E-state index contributed by atoms with van der Waals surface area (Å²) in [6.07, 6.45) is 4.60. The van der Waals surface area contributed by atoms with Crippen LogP contribution in [0.2, 0.25) is 0 Å². The minimum Gasteiger partial charge on any atom is -0.455 e. The maximum absolute atomic E-state index is 12.5. The Morgan fingerprint density at radius 2 is 1.81 bits per heavy atom. The van der Waals surface area contributed by atoms with Crippen molar-refractivity contribution in [2.75, 3.05) is 11.9 Å². The molecule has 7 heteroatoms. The molecule has 27 heavy (non-hydrogen) atoms. The van der Waals surface area contributed by atoms with Crippen LogP contribution in [0.5, 0.6) is 0 Å². The van der Waals surface area contributed by atoms with Gasteiger partial charge in [0, 0.05) is 12.2 Å². The predicted molar refractivity (Wildman–Crippen MR) is 97.3 cm³/mol. The van der Waals surface area contributed by atoms with Gasteiger partial charge in [0.1, 0.15) is 12.1 Å². The first kappa shape index (κ1) is 18.9. The number of carbonyl (C=O) groups is 3. The molecule has 2 amide bonds. The second kappa shape index (κ2) is 8.67. The SMILES string of the molecule is N#CC1CC(C(=O)Nc2ccccc2)CN1C(=O)C(=O)OC1CCCCC1. The van der Waals surface area contributed by atoms with E-state index in [0.717, 1.165) is 32.1 Å². The molecule has 1 heterocycles. The highest BCUT2D eigenvalue weighted by Crippen LogP contribution is 2.26. The van der Waals surface area contributed by atoms with Crippen LogP contribution >= 0.6 is 0 Å². The fraction of sp³-hybridized carbons (Fsp3) is 0.500. The molecule has 2 fully saturated rings. The normalized spacial score (nSPS) is 22.7. The second-order valence-electron chi connectivity index (χ2n) is 7.06. The Bertz CT molecular complexity index is 737. The van der Waals surface area contributed by atoms with Gasteiger partial charge in [-0.3, -0.25) is 9.59 Å². The van der Waals surface area contributed by atoms with E-state index in [2.05, 4.69) is 5.32 Å². The number of ether oxygens (including phenoxy) is 1. The van der Waals surface area contributed by atoms with Crippen LogP contribution in [0.1, 0.15) is 38.5 Å². The Hall–Kier alpha value is -2.88. The third-order valence-corrected chi connectivity index (χ3v) is 5.12. The molecule has 1 saturated heterocycles. The molecule has 1 aromatic rings. The number of rotatable bonds is 3. The van der Waals surface area contributed by atoms with E-state index in [4.69, 9.17) is 4.74 Å². The topological polar surface area (TPSA) is 99.5 Å². The lowest BCUT2D eigenvalue weighted by atomic mass is 9.98. The van der Waals surface area contributed by atoms with Crippen molar-refractivity contribution in [2.24, 2.45) is 5.92 Å². The van der Waals surface area contributed by atoms with Crippen molar-refractivity contribution in [3.05, 3.63) is 30.3 Å². The van der Waals surface area contributed by atoms with Gasteiger partial charge in [-0.2, -0.15) is 5.26 Å². The summed E-state index contributed by atoms with van der Waals surface area (Å²) in [6, 6.07) is 10.2. The molecule has 1 saturated carbocycles. The van der Waals surface area contributed by atoms with Gasteiger partial charge in [0.25, 0.3) is 0 Å². The monoisotopic (exact) mass is 369 g/mol. The largest absolute Gasteiger partial charge is 0.455 e. The van der Waals surface area contributed by atoms with Gasteiger partial charge in [-0.15, -0.1) is 0 Å². The Balaban J connectivity index is 1.59. The lowest BCUT2D eigenvalue weighted by Gasteiger charge is -2.24. The summed E-state index contributed by atoms with van der Waals surface area (Å²) < 4.78 is 5.31. The predicted octanol–water partition coefficient (Wildman–Crippen LogP) is 2.24. The fourth-order valence-electron chi connectivity index (χ4n) is 3.64. The molecule has 2 unspecified atom stereocenters. The standard InChI is InChI=1S/C20H23N3O4/c21-12-16-11-14(18(24)22-15-7-3-1-4-8-15)13-23(16)19(25)20(26)27-17-9-5-2-6-10-17/h1,3-4,7-8,14,16-17H,2,5-6,9-11,13H2,(H,22,24). The van der Waals surface area contributed by atoms with E-state index in [1.54, 1.807) is 24.3 Å². The lowest BCUT2D eigenvalue weighted by molar-refractivity contribution is -0.165. The number of anilines is 1. The van der Waals surface area contributed by atoms with Crippen molar-refractivity contribution in [1.29, 1.82) is 5.26 Å². The number of likely N-dealkylation sites (tertiary alicyclic amines) is 1. The van der Waals surface area contributed by atoms with Crippen LogP contribution in [0, 0.1) is 17.2 Å². The van der Waals surface area contributed by atoms with Gasteiger partial charge in [-0.05, 0) is 44.2 Å². The summed E-state index contributed by atoms with van der Waals surface area (Å²) in [7, 11) is 0. The van der Waals surface area contributed by atoms with Gasteiger partial charge in [-0.25, -0.2) is 4.79 Å². The number of esters is 1. The molecule has 0 bridgehead atoms. The van der Waals surface area contributed by atoms with Crippen molar-refractivity contribution < 1.29 is 19.1 Å². The first-order valence-electron chi connectivity index (χ1n) is 9.35. The summed E-state index contributed by atoms with van der Waals surface area (Å²) >= 11 is 0. The maximum atomic E-state index is 12.5. The van der Waals surface area contributed by atoms with Crippen LogP contribution in [0.3, 0.4) is 0 Å². The van der Waals surface area contributed by atoms with Crippen LogP contribution in [0.15, 0.2) is 30.3 Å². The highest BCUT2D eigenvalue weighted by Gasteiger charge is 2.42. The van der Waals surface area contributed by atoms with Crippen LogP contribution < -0.4 is 5.32 Å². The molecule has 1 aliphatic heterocycles. The average Bonchev–Trinajstić information content (AvgIpc) is 3.13. The molecule has 7 nitrogen and oxygen atoms in total. The van der Waals surface area contributed by atoms with Crippen molar-refractivity contribution in [2.45, 2.75) is 50.7 Å². The molecule has 0 aromatic heterocycles. The number of amides is 2. The van der Waals surface area contributed by atoms with Gasteiger partial charge in [0.05, 0.1) is 12.0 Å². The number of carbonyl (C=O) groups excluding carboxylic acids is 3. The number of hydrogen-bond donors (Lipinski definition) is 1. The second-order valence-corrected chi connectivity index (χ2v) is 7.06. The molecule has 2 aliphatic rings. The molecular formula is C20H23N3O4. The van der Waals surface area contributed by atoms with Gasteiger partial charge < -0.3 is 15.0 Å². The molecular weight excluding hydrogens is 346 g/mol. The summed E-state index contributed by atoms with van der Waals surface area (Å²) in [5.41, 5.74) is 0.650. The van der Waals surface area contributed by atoms with Crippen LogP contribution in [-0.4, -0.2) is 41.4 Å².